The molecule has 3 aromatic rings. The molecule has 0 spiro atoms. The van der Waals surface area contributed by atoms with E-state index in [4.69, 9.17) is 9.47 Å². The number of hydrogen-bond acceptors (Lipinski definition) is 5. The van der Waals surface area contributed by atoms with Gasteiger partial charge in [-0.05, 0) is 55.0 Å². The van der Waals surface area contributed by atoms with Gasteiger partial charge in [-0.2, -0.15) is 10.2 Å². The Morgan fingerprint density at radius 3 is 2.77 bits per heavy atom. The summed E-state index contributed by atoms with van der Waals surface area (Å²) in [6.07, 6.45) is 6.02. The highest BCUT2D eigenvalue weighted by Crippen LogP contribution is 2.21. The lowest BCUT2D eigenvalue weighted by Gasteiger charge is -2.04. The monoisotopic (exact) mass is 404 g/mol. The number of hydrogen-bond donors (Lipinski definition) is 2. The average Bonchev–Trinajstić information content (AvgIpc) is 3.28. The summed E-state index contributed by atoms with van der Waals surface area (Å²) in [5.41, 5.74) is 5.26. The average molecular weight is 404 g/mol. The van der Waals surface area contributed by atoms with Crippen LogP contribution in [0.5, 0.6) is 11.5 Å². The summed E-state index contributed by atoms with van der Waals surface area (Å²) in [6.45, 7) is 2.74. The third-order valence-corrected chi connectivity index (χ3v) is 4.19. The van der Waals surface area contributed by atoms with Crippen LogP contribution >= 0.6 is 0 Å². The Balaban J connectivity index is 1.56. The molecule has 0 unspecified atom stereocenters. The number of benzene rings is 2. The third kappa shape index (κ3) is 5.57. The Morgan fingerprint density at radius 1 is 1.20 bits per heavy atom. The molecule has 0 aliphatic rings. The summed E-state index contributed by atoms with van der Waals surface area (Å²) in [5.74, 6) is 1.20. The minimum Gasteiger partial charge on any atom is -0.496 e. The van der Waals surface area contributed by atoms with E-state index in [0.29, 0.717) is 18.0 Å². The number of hydrazone groups is 1. The van der Waals surface area contributed by atoms with Gasteiger partial charge < -0.3 is 9.47 Å². The third-order valence-electron chi connectivity index (χ3n) is 4.19. The zero-order valence-electron chi connectivity index (χ0n) is 17.0. The van der Waals surface area contributed by atoms with Gasteiger partial charge in [0, 0.05) is 17.3 Å². The molecule has 7 heteroatoms. The first-order chi connectivity index (χ1) is 14.7. The molecule has 154 valence electrons. The number of aromatic amines is 1. The maximum atomic E-state index is 12.2. The van der Waals surface area contributed by atoms with Crippen molar-refractivity contribution in [2.75, 3.05) is 13.7 Å². The Bertz CT molecular complexity index is 1020. The van der Waals surface area contributed by atoms with Crippen molar-refractivity contribution in [2.24, 2.45) is 5.10 Å². The molecule has 1 heterocycles. The summed E-state index contributed by atoms with van der Waals surface area (Å²) in [5, 5.41) is 10.9. The standard InChI is InChI=1S/C23H24N4O3/c1-3-15-30-19-12-10-17(11-13-19)20-16-21(26-25-20)23(28)27-24-14-6-8-18-7-4-5-9-22(18)29-2/h4-14,16H,3,15H2,1-2H3,(H,25,26)(H,27,28)/b8-6+,24-14+. The van der Waals surface area contributed by atoms with Crippen molar-refractivity contribution in [3.8, 4) is 22.8 Å². The number of carbonyl (C=O) groups is 1. The Kier molecular flexibility index (Phi) is 7.38. The maximum Gasteiger partial charge on any atom is 0.289 e. The number of methoxy groups -OCH3 is 1. The van der Waals surface area contributed by atoms with Crippen molar-refractivity contribution in [2.45, 2.75) is 13.3 Å². The van der Waals surface area contributed by atoms with Crippen LogP contribution < -0.4 is 14.9 Å². The van der Waals surface area contributed by atoms with Crippen LogP contribution in [0.2, 0.25) is 0 Å². The van der Waals surface area contributed by atoms with Crippen LogP contribution in [0, 0.1) is 0 Å². The van der Waals surface area contributed by atoms with Crippen LogP contribution in [0.4, 0.5) is 0 Å². The molecule has 0 saturated heterocycles. The van der Waals surface area contributed by atoms with Crippen molar-refractivity contribution < 1.29 is 14.3 Å². The molecular weight excluding hydrogens is 380 g/mol. The van der Waals surface area contributed by atoms with Gasteiger partial charge in [0.05, 0.1) is 19.4 Å². The second-order valence-electron chi connectivity index (χ2n) is 6.36. The van der Waals surface area contributed by atoms with Gasteiger partial charge in [-0.3, -0.25) is 9.89 Å². The first kappa shape index (κ1) is 20.9. The zero-order valence-corrected chi connectivity index (χ0v) is 17.0. The molecule has 3 rings (SSSR count). The van der Waals surface area contributed by atoms with Crippen LogP contribution in [0.3, 0.4) is 0 Å². The second-order valence-corrected chi connectivity index (χ2v) is 6.36. The highest BCUT2D eigenvalue weighted by molar-refractivity contribution is 5.94. The lowest BCUT2D eigenvalue weighted by Crippen LogP contribution is -2.17. The molecule has 0 radical (unpaired) electrons. The minimum absolute atomic E-state index is 0.321. The van der Waals surface area contributed by atoms with Gasteiger partial charge in [0.15, 0.2) is 0 Å². The van der Waals surface area contributed by atoms with E-state index in [1.807, 2.05) is 54.6 Å². The zero-order chi connectivity index (χ0) is 21.2. The van der Waals surface area contributed by atoms with Crippen molar-refractivity contribution in [1.82, 2.24) is 15.6 Å². The summed E-state index contributed by atoms with van der Waals surface area (Å²) < 4.78 is 10.9. The van der Waals surface area contributed by atoms with Crippen LogP contribution in [-0.2, 0) is 0 Å². The number of ether oxygens (including phenoxy) is 2. The van der Waals surface area contributed by atoms with Crippen molar-refractivity contribution in [3.05, 3.63) is 71.9 Å². The Morgan fingerprint density at radius 2 is 2.00 bits per heavy atom. The predicted octanol–water partition coefficient (Wildman–Crippen LogP) is 4.30. The van der Waals surface area contributed by atoms with Gasteiger partial charge in [-0.1, -0.05) is 25.1 Å². The Hall–Kier alpha value is -3.87. The molecule has 0 aliphatic heterocycles. The van der Waals surface area contributed by atoms with Crippen LogP contribution in [0.15, 0.2) is 65.8 Å². The summed E-state index contributed by atoms with van der Waals surface area (Å²) in [4.78, 5) is 12.2. The van der Waals surface area contributed by atoms with Crippen LogP contribution in [0.1, 0.15) is 29.4 Å². The van der Waals surface area contributed by atoms with E-state index in [1.165, 1.54) is 6.21 Å². The van der Waals surface area contributed by atoms with E-state index >= 15 is 0 Å². The number of allylic oxidation sites excluding steroid dienone is 1. The van der Waals surface area contributed by atoms with Gasteiger partial charge in [-0.15, -0.1) is 0 Å². The van der Waals surface area contributed by atoms with E-state index in [2.05, 4.69) is 27.6 Å². The topological polar surface area (TPSA) is 88.6 Å². The minimum atomic E-state index is -0.376. The normalized spacial score (nSPS) is 11.1. The number of para-hydroxylation sites is 1. The number of rotatable bonds is 9. The number of nitrogens with zero attached hydrogens (tertiary/aromatic N) is 2. The van der Waals surface area contributed by atoms with Crippen molar-refractivity contribution in [1.29, 1.82) is 0 Å². The van der Waals surface area contributed by atoms with E-state index in [9.17, 15) is 4.79 Å². The fraction of sp³-hybridized carbons (Fsp3) is 0.174. The van der Waals surface area contributed by atoms with E-state index < -0.39 is 0 Å². The second kappa shape index (κ2) is 10.6. The molecule has 2 N–H and O–H groups in total. The number of H-pyrrole nitrogens is 1. The fourth-order valence-corrected chi connectivity index (χ4v) is 2.68. The molecule has 1 amide bonds. The summed E-state index contributed by atoms with van der Waals surface area (Å²) in [6, 6.07) is 16.9. The van der Waals surface area contributed by atoms with E-state index in [-0.39, 0.29) is 5.91 Å². The Labute approximate surface area is 175 Å². The molecule has 2 aromatic carbocycles. The number of amides is 1. The first-order valence-electron chi connectivity index (χ1n) is 9.63. The van der Waals surface area contributed by atoms with Gasteiger partial charge in [-0.25, -0.2) is 5.43 Å². The van der Waals surface area contributed by atoms with Gasteiger partial charge >= 0.3 is 0 Å². The molecule has 0 atom stereocenters. The van der Waals surface area contributed by atoms with Gasteiger partial charge in [0.2, 0.25) is 0 Å². The smallest absolute Gasteiger partial charge is 0.289 e. The molecular formula is C23H24N4O3. The highest BCUT2D eigenvalue weighted by Gasteiger charge is 2.10. The lowest BCUT2D eigenvalue weighted by molar-refractivity contribution is 0.0950. The molecule has 7 nitrogen and oxygen atoms in total. The number of carbonyl (C=O) groups excluding carboxylic acids is 1. The van der Waals surface area contributed by atoms with Crippen LogP contribution in [-0.4, -0.2) is 36.0 Å². The summed E-state index contributed by atoms with van der Waals surface area (Å²) >= 11 is 0. The lowest BCUT2D eigenvalue weighted by atomic mass is 10.1. The van der Waals surface area contributed by atoms with E-state index in [1.54, 1.807) is 19.3 Å². The fourth-order valence-electron chi connectivity index (χ4n) is 2.68. The molecule has 0 aliphatic carbocycles. The molecule has 0 fully saturated rings. The van der Waals surface area contributed by atoms with E-state index in [0.717, 1.165) is 29.0 Å². The summed E-state index contributed by atoms with van der Waals surface area (Å²) in [7, 11) is 1.62. The molecule has 0 saturated carbocycles. The highest BCUT2D eigenvalue weighted by atomic mass is 16.5. The maximum absolute atomic E-state index is 12.2. The van der Waals surface area contributed by atoms with Crippen molar-refractivity contribution in [3.63, 3.8) is 0 Å². The SMILES string of the molecule is CCCOc1ccc(-c2cc(C(=O)N/N=C/C=C/c3ccccc3OC)[nH]n2)cc1. The molecule has 30 heavy (non-hydrogen) atoms. The molecule has 1 aromatic heterocycles. The predicted molar refractivity (Wildman–Crippen MR) is 118 cm³/mol. The largest absolute Gasteiger partial charge is 0.496 e. The molecule has 0 bridgehead atoms. The van der Waals surface area contributed by atoms with Crippen molar-refractivity contribution >= 4 is 18.2 Å². The van der Waals surface area contributed by atoms with Crippen LogP contribution in [0.25, 0.3) is 17.3 Å². The number of aromatic nitrogens is 2. The van der Waals surface area contributed by atoms with Gasteiger partial charge in [0.25, 0.3) is 5.91 Å². The quantitative estimate of drug-likeness (QED) is 0.411. The van der Waals surface area contributed by atoms with Gasteiger partial charge in [0.1, 0.15) is 17.2 Å². The number of nitrogens with one attached hydrogen (secondary N) is 2. The first-order valence-corrected chi connectivity index (χ1v) is 9.63.